The van der Waals surface area contributed by atoms with Crippen LogP contribution in [0.15, 0.2) is 27.8 Å². The fraction of sp³-hybridized carbons (Fsp3) is 0.583. The highest BCUT2D eigenvalue weighted by Gasteiger charge is 2.07. The van der Waals surface area contributed by atoms with Gasteiger partial charge in [-0.15, -0.1) is 11.8 Å². The van der Waals surface area contributed by atoms with E-state index >= 15 is 0 Å². The summed E-state index contributed by atoms with van der Waals surface area (Å²) in [6.07, 6.45) is 2.99. The number of hydrogen-bond acceptors (Lipinski definition) is 3. The van der Waals surface area contributed by atoms with Gasteiger partial charge in [0, 0.05) is 22.0 Å². The molecule has 0 fully saturated rings. The van der Waals surface area contributed by atoms with E-state index < -0.39 is 0 Å². The molecule has 0 bridgehead atoms. The van der Waals surface area contributed by atoms with Gasteiger partial charge in [0.15, 0.2) is 0 Å². The lowest BCUT2D eigenvalue weighted by molar-refractivity contribution is 0.427. The molecular formula is C12H19BrN2S. The number of nitrogens with zero attached hydrogens (tertiary/aromatic N) is 1. The van der Waals surface area contributed by atoms with E-state index in [0.29, 0.717) is 0 Å². The van der Waals surface area contributed by atoms with Gasteiger partial charge in [0.1, 0.15) is 5.03 Å². The zero-order valence-electron chi connectivity index (χ0n) is 10.1. The molecule has 0 aliphatic heterocycles. The summed E-state index contributed by atoms with van der Waals surface area (Å²) in [4.78, 5) is 4.32. The van der Waals surface area contributed by atoms with Crippen LogP contribution >= 0.6 is 27.7 Å². The van der Waals surface area contributed by atoms with Crippen molar-refractivity contribution in [1.29, 1.82) is 0 Å². The molecule has 90 valence electrons. The maximum atomic E-state index is 4.32. The van der Waals surface area contributed by atoms with Gasteiger partial charge in [-0.05, 0) is 61.8 Å². The van der Waals surface area contributed by atoms with Crippen LogP contribution in [0, 0.1) is 0 Å². The zero-order valence-corrected chi connectivity index (χ0v) is 12.5. The second-order valence-electron chi connectivity index (χ2n) is 4.67. The third-order valence-electron chi connectivity index (χ3n) is 1.94. The predicted molar refractivity (Wildman–Crippen MR) is 75.0 cm³/mol. The summed E-state index contributed by atoms with van der Waals surface area (Å²) in [6.45, 7) is 7.63. The van der Waals surface area contributed by atoms with Gasteiger partial charge in [-0.1, -0.05) is 0 Å². The van der Waals surface area contributed by atoms with E-state index in [-0.39, 0.29) is 5.54 Å². The molecule has 1 rings (SSSR count). The van der Waals surface area contributed by atoms with Crippen LogP contribution in [0.25, 0.3) is 0 Å². The number of thioether (sulfide) groups is 1. The van der Waals surface area contributed by atoms with Crippen LogP contribution in [-0.4, -0.2) is 22.8 Å². The number of rotatable bonds is 5. The molecule has 0 amide bonds. The minimum Gasteiger partial charge on any atom is -0.312 e. The molecule has 0 atom stereocenters. The summed E-state index contributed by atoms with van der Waals surface area (Å²) in [5, 5.41) is 4.56. The minimum atomic E-state index is 0.218. The number of pyridine rings is 1. The van der Waals surface area contributed by atoms with Crippen molar-refractivity contribution in [2.24, 2.45) is 0 Å². The Morgan fingerprint density at radius 2 is 2.19 bits per heavy atom. The predicted octanol–water partition coefficient (Wildman–Crippen LogP) is 3.71. The van der Waals surface area contributed by atoms with Crippen LogP contribution in [0.4, 0.5) is 0 Å². The molecule has 0 aliphatic carbocycles. The van der Waals surface area contributed by atoms with E-state index in [1.165, 1.54) is 0 Å². The Labute approximate surface area is 111 Å². The Morgan fingerprint density at radius 3 is 2.81 bits per heavy atom. The highest BCUT2D eigenvalue weighted by Crippen LogP contribution is 2.24. The molecule has 0 spiro atoms. The number of halogens is 1. The molecule has 0 radical (unpaired) electrons. The highest BCUT2D eigenvalue weighted by atomic mass is 79.9. The molecule has 0 aliphatic rings. The van der Waals surface area contributed by atoms with Crippen LogP contribution < -0.4 is 5.32 Å². The van der Waals surface area contributed by atoms with Crippen molar-refractivity contribution in [3.8, 4) is 0 Å². The fourth-order valence-corrected chi connectivity index (χ4v) is 2.60. The van der Waals surface area contributed by atoms with Gasteiger partial charge in [-0.2, -0.15) is 0 Å². The maximum Gasteiger partial charge on any atom is 0.110 e. The van der Waals surface area contributed by atoms with Crippen LogP contribution in [0.1, 0.15) is 27.2 Å². The average molecular weight is 303 g/mol. The topological polar surface area (TPSA) is 24.9 Å². The molecule has 1 N–H and O–H groups in total. The van der Waals surface area contributed by atoms with Crippen LogP contribution in [-0.2, 0) is 0 Å². The Hall–Kier alpha value is -0.0600. The van der Waals surface area contributed by atoms with Gasteiger partial charge in [-0.3, -0.25) is 0 Å². The van der Waals surface area contributed by atoms with Gasteiger partial charge in [0.05, 0.1) is 0 Å². The first-order chi connectivity index (χ1) is 7.49. The van der Waals surface area contributed by atoms with Crippen molar-refractivity contribution in [3.05, 3.63) is 22.8 Å². The molecule has 0 saturated heterocycles. The van der Waals surface area contributed by atoms with E-state index in [2.05, 4.69) is 47.0 Å². The second kappa shape index (κ2) is 6.62. The first-order valence-electron chi connectivity index (χ1n) is 5.47. The van der Waals surface area contributed by atoms with Crippen molar-refractivity contribution >= 4 is 27.7 Å². The van der Waals surface area contributed by atoms with Crippen molar-refractivity contribution in [2.45, 2.75) is 37.8 Å². The molecule has 1 aromatic rings. The summed E-state index contributed by atoms with van der Waals surface area (Å²) < 4.78 is 1.09. The van der Waals surface area contributed by atoms with Crippen molar-refractivity contribution in [3.63, 3.8) is 0 Å². The van der Waals surface area contributed by atoms with Crippen molar-refractivity contribution in [2.75, 3.05) is 12.3 Å². The first kappa shape index (κ1) is 14.0. The summed E-state index contributed by atoms with van der Waals surface area (Å²) in [5.41, 5.74) is 0.218. The number of hydrogen-bond donors (Lipinski definition) is 1. The number of aromatic nitrogens is 1. The molecule has 4 heteroatoms. The molecule has 2 nitrogen and oxygen atoms in total. The van der Waals surface area contributed by atoms with Gasteiger partial charge < -0.3 is 5.32 Å². The standard InChI is InChI=1S/C12H19BrN2S/c1-12(2,3)15-8-5-9-16-11-10(13)6-4-7-14-11/h4,6-7,15H,5,8-9H2,1-3H3. The Bertz CT molecular complexity index is 323. The lowest BCUT2D eigenvalue weighted by Gasteiger charge is -2.20. The molecule has 0 unspecified atom stereocenters. The summed E-state index contributed by atoms with van der Waals surface area (Å²) in [5.74, 6) is 1.10. The Morgan fingerprint density at radius 1 is 1.44 bits per heavy atom. The van der Waals surface area contributed by atoms with Gasteiger partial charge in [-0.25, -0.2) is 4.98 Å². The van der Waals surface area contributed by atoms with Crippen molar-refractivity contribution in [1.82, 2.24) is 10.3 Å². The molecule has 0 saturated carbocycles. The van der Waals surface area contributed by atoms with Gasteiger partial charge in [0.25, 0.3) is 0 Å². The summed E-state index contributed by atoms with van der Waals surface area (Å²) in [6, 6.07) is 3.97. The third-order valence-corrected chi connectivity index (χ3v) is 3.93. The zero-order chi connectivity index (χ0) is 12.0. The van der Waals surface area contributed by atoms with Crippen LogP contribution in [0.5, 0.6) is 0 Å². The fourth-order valence-electron chi connectivity index (χ4n) is 1.18. The number of nitrogens with one attached hydrogen (secondary N) is 1. The van der Waals surface area contributed by atoms with E-state index in [1.807, 2.05) is 18.3 Å². The Kier molecular flexibility index (Phi) is 5.79. The summed E-state index contributed by atoms with van der Waals surface area (Å²) in [7, 11) is 0. The SMILES string of the molecule is CC(C)(C)NCCCSc1ncccc1Br. The average Bonchev–Trinajstić information content (AvgIpc) is 2.18. The van der Waals surface area contributed by atoms with E-state index in [4.69, 9.17) is 0 Å². The lowest BCUT2D eigenvalue weighted by atomic mass is 10.1. The maximum absolute atomic E-state index is 4.32. The van der Waals surface area contributed by atoms with E-state index in [9.17, 15) is 0 Å². The normalized spacial score (nSPS) is 11.8. The van der Waals surface area contributed by atoms with E-state index in [1.54, 1.807) is 11.8 Å². The Balaban J connectivity index is 2.19. The smallest absolute Gasteiger partial charge is 0.110 e. The van der Waals surface area contributed by atoms with Gasteiger partial charge >= 0.3 is 0 Å². The quantitative estimate of drug-likeness (QED) is 0.663. The first-order valence-corrected chi connectivity index (χ1v) is 7.25. The van der Waals surface area contributed by atoms with E-state index in [0.717, 1.165) is 28.2 Å². The molecule has 1 heterocycles. The molecule has 1 aromatic heterocycles. The largest absolute Gasteiger partial charge is 0.312 e. The summed E-state index contributed by atoms with van der Waals surface area (Å²) >= 11 is 5.30. The molecule has 16 heavy (non-hydrogen) atoms. The monoisotopic (exact) mass is 302 g/mol. The second-order valence-corrected chi connectivity index (χ2v) is 6.61. The van der Waals surface area contributed by atoms with Crippen LogP contribution in [0.2, 0.25) is 0 Å². The molecule has 0 aromatic carbocycles. The minimum absolute atomic E-state index is 0.218. The highest BCUT2D eigenvalue weighted by molar-refractivity contribution is 9.10. The lowest BCUT2D eigenvalue weighted by Crippen LogP contribution is -2.36. The van der Waals surface area contributed by atoms with Gasteiger partial charge in [0.2, 0.25) is 0 Å². The van der Waals surface area contributed by atoms with Crippen LogP contribution in [0.3, 0.4) is 0 Å². The van der Waals surface area contributed by atoms with Crippen molar-refractivity contribution < 1.29 is 0 Å². The third kappa shape index (κ3) is 5.87. The molecular weight excluding hydrogens is 284 g/mol.